The summed E-state index contributed by atoms with van der Waals surface area (Å²) in [5.41, 5.74) is 1.73. The van der Waals surface area contributed by atoms with E-state index in [2.05, 4.69) is 0 Å². The van der Waals surface area contributed by atoms with Crippen molar-refractivity contribution in [1.29, 1.82) is 0 Å². The minimum absolute atomic E-state index is 0.0714. The molecule has 0 aliphatic carbocycles. The third-order valence-corrected chi connectivity index (χ3v) is 4.61. The number of benzene rings is 4. The Bertz CT molecular complexity index is 1160. The van der Waals surface area contributed by atoms with E-state index in [4.69, 9.17) is 14.2 Å². The van der Waals surface area contributed by atoms with Gasteiger partial charge >= 0.3 is 0 Å². The van der Waals surface area contributed by atoms with Crippen molar-refractivity contribution in [3.05, 3.63) is 97.1 Å². The molecule has 0 saturated carbocycles. The number of aromatic hydroxyl groups is 3. The van der Waals surface area contributed by atoms with Crippen molar-refractivity contribution >= 4 is 0 Å². The van der Waals surface area contributed by atoms with Crippen LogP contribution in [-0.2, 0) is 0 Å². The van der Waals surface area contributed by atoms with Crippen LogP contribution in [-0.4, -0.2) is 28.2 Å². The minimum Gasteiger partial charge on any atom is -0.508 e. The number of hydrogen-bond donors (Lipinski definition) is 3. The molecule has 0 aliphatic heterocycles. The first-order chi connectivity index (χ1) is 15.5. The summed E-state index contributed by atoms with van der Waals surface area (Å²) >= 11 is 0. The van der Waals surface area contributed by atoms with Gasteiger partial charge in [0.05, 0.1) is 0 Å². The summed E-state index contributed by atoms with van der Waals surface area (Å²) in [5.74, 6) is 2.09. The summed E-state index contributed by atoms with van der Waals surface area (Å²) in [5, 5.41) is 28.7. The summed E-state index contributed by atoms with van der Waals surface area (Å²) in [4.78, 5) is 0. The Kier molecular flexibility index (Phi) is 6.32. The van der Waals surface area contributed by atoms with Crippen LogP contribution in [0.3, 0.4) is 0 Å². The van der Waals surface area contributed by atoms with Gasteiger partial charge in [-0.15, -0.1) is 0 Å². The molecule has 162 valence electrons. The van der Waals surface area contributed by atoms with E-state index in [1.165, 1.54) is 24.3 Å². The van der Waals surface area contributed by atoms with Gasteiger partial charge in [-0.1, -0.05) is 24.3 Å². The van der Waals surface area contributed by atoms with E-state index < -0.39 is 6.29 Å². The second-order valence-electron chi connectivity index (χ2n) is 7.04. The SMILES string of the molecule is Oc1ccc(OCC(Oc2ccc(O)cc2)Oc2cccc(-c3cccc(O)c3)c2)cc1. The number of phenols is 3. The van der Waals surface area contributed by atoms with Gasteiger partial charge in [0.25, 0.3) is 6.29 Å². The highest BCUT2D eigenvalue weighted by Crippen LogP contribution is 2.28. The third-order valence-electron chi connectivity index (χ3n) is 4.61. The number of hydrogen-bond acceptors (Lipinski definition) is 6. The van der Waals surface area contributed by atoms with E-state index in [1.807, 2.05) is 24.3 Å². The van der Waals surface area contributed by atoms with Gasteiger partial charge in [0, 0.05) is 0 Å². The Morgan fingerprint density at radius 3 is 1.75 bits per heavy atom. The molecule has 32 heavy (non-hydrogen) atoms. The van der Waals surface area contributed by atoms with Crippen LogP contribution in [0.1, 0.15) is 0 Å². The van der Waals surface area contributed by atoms with Gasteiger partial charge < -0.3 is 29.5 Å². The Morgan fingerprint density at radius 1 is 0.531 bits per heavy atom. The quantitative estimate of drug-likeness (QED) is 0.327. The van der Waals surface area contributed by atoms with Crippen LogP contribution in [0, 0.1) is 0 Å². The van der Waals surface area contributed by atoms with Crippen molar-refractivity contribution in [1.82, 2.24) is 0 Å². The Hall–Kier alpha value is -4.32. The molecule has 3 N–H and O–H groups in total. The van der Waals surface area contributed by atoms with Crippen molar-refractivity contribution in [3.8, 4) is 45.6 Å². The Balaban J connectivity index is 1.53. The molecule has 4 aromatic rings. The van der Waals surface area contributed by atoms with Crippen LogP contribution in [0.5, 0.6) is 34.5 Å². The van der Waals surface area contributed by atoms with Gasteiger partial charge in [0.2, 0.25) is 0 Å². The predicted molar refractivity (Wildman–Crippen MR) is 120 cm³/mol. The summed E-state index contributed by atoms with van der Waals surface area (Å²) in [7, 11) is 0. The van der Waals surface area contributed by atoms with Crippen LogP contribution in [0.4, 0.5) is 0 Å². The van der Waals surface area contributed by atoms with Crippen LogP contribution < -0.4 is 14.2 Å². The average molecular weight is 430 g/mol. The first-order valence-electron chi connectivity index (χ1n) is 9.99. The lowest BCUT2D eigenvalue weighted by Gasteiger charge is -2.21. The molecule has 4 rings (SSSR count). The summed E-state index contributed by atoms with van der Waals surface area (Å²) in [6.07, 6.45) is -0.798. The highest BCUT2D eigenvalue weighted by molar-refractivity contribution is 5.66. The van der Waals surface area contributed by atoms with E-state index in [0.717, 1.165) is 11.1 Å². The molecule has 0 aliphatic rings. The van der Waals surface area contributed by atoms with E-state index >= 15 is 0 Å². The molecule has 6 heteroatoms. The normalized spacial score (nSPS) is 11.5. The third kappa shape index (κ3) is 5.64. The van der Waals surface area contributed by atoms with Crippen molar-refractivity contribution < 1.29 is 29.5 Å². The molecule has 1 unspecified atom stereocenters. The molecule has 0 heterocycles. The second kappa shape index (κ2) is 9.66. The maximum absolute atomic E-state index is 9.77. The van der Waals surface area contributed by atoms with E-state index in [-0.39, 0.29) is 23.9 Å². The van der Waals surface area contributed by atoms with Crippen LogP contribution in [0.2, 0.25) is 0 Å². The smallest absolute Gasteiger partial charge is 0.274 e. The molecule has 0 bridgehead atoms. The first-order valence-corrected chi connectivity index (χ1v) is 9.99. The van der Waals surface area contributed by atoms with E-state index in [9.17, 15) is 15.3 Å². The molecule has 0 radical (unpaired) electrons. The zero-order valence-electron chi connectivity index (χ0n) is 17.1. The van der Waals surface area contributed by atoms with Crippen LogP contribution in [0.15, 0.2) is 97.1 Å². The zero-order valence-corrected chi connectivity index (χ0v) is 17.1. The lowest BCUT2D eigenvalue weighted by molar-refractivity contribution is -0.0276. The molecule has 1 atom stereocenters. The maximum atomic E-state index is 9.77. The largest absolute Gasteiger partial charge is 0.508 e. The van der Waals surface area contributed by atoms with Crippen molar-refractivity contribution in [3.63, 3.8) is 0 Å². The molecule has 6 nitrogen and oxygen atoms in total. The number of rotatable bonds is 8. The first kappa shape index (κ1) is 20.9. The fraction of sp³-hybridized carbons (Fsp3) is 0.0769. The van der Waals surface area contributed by atoms with Gasteiger partial charge in [-0.3, -0.25) is 0 Å². The maximum Gasteiger partial charge on any atom is 0.274 e. The summed E-state index contributed by atoms with van der Waals surface area (Å²) < 4.78 is 17.8. The molecular weight excluding hydrogens is 408 g/mol. The molecule has 0 amide bonds. The topological polar surface area (TPSA) is 88.4 Å². The van der Waals surface area contributed by atoms with Gasteiger partial charge in [0.15, 0.2) is 6.61 Å². The monoisotopic (exact) mass is 430 g/mol. The summed E-state index contributed by atoms with van der Waals surface area (Å²) in [6, 6.07) is 27.1. The van der Waals surface area contributed by atoms with Crippen LogP contribution in [0.25, 0.3) is 11.1 Å². The predicted octanol–water partition coefficient (Wildman–Crippen LogP) is 5.33. The Labute approximate surface area is 185 Å². The fourth-order valence-electron chi connectivity index (χ4n) is 3.06. The van der Waals surface area contributed by atoms with E-state index in [0.29, 0.717) is 17.2 Å². The van der Waals surface area contributed by atoms with Gasteiger partial charge in [-0.25, -0.2) is 0 Å². The van der Waals surface area contributed by atoms with Crippen molar-refractivity contribution in [2.75, 3.05) is 6.61 Å². The summed E-state index contributed by atoms with van der Waals surface area (Å²) in [6.45, 7) is 0.0714. The molecule has 4 aromatic carbocycles. The molecule has 0 saturated heterocycles. The zero-order chi connectivity index (χ0) is 22.3. The molecule has 0 fully saturated rings. The lowest BCUT2D eigenvalue weighted by atomic mass is 10.1. The Morgan fingerprint density at radius 2 is 1.09 bits per heavy atom. The molecule has 0 spiro atoms. The number of ether oxygens (including phenoxy) is 3. The van der Waals surface area contributed by atoms with Gasteiger partial charge in [0.1, 0.15) is 34.5 Å². The minimum atomic E-state index is -0.798. The lowest BCUT2D eigenvalue weighted by Crippen LogP contribution is -2.31. The van der Waals surface area contributed by atoms with Crippen LogP contribution >= 0.6 is 0 Å². The van der Waals surface area contributed by atoms with Crippen molar-refractivity contribution in [2.45, 2.75) is 6.29 Å². The molecular formula is C26H22O6. The standard InChI is InChI=1S/C26H22O6/c27-20-7-11-23(12-8-20)30-17-26(31-24-13-9-21(28)10-14-24)32-25-6-2-4-19(16-25)18-3-1-5-22(29)15-18/h1-16,26-29H,17H2. The van der Waals surface area contributed by atoms with Crippen molar-refractivity contribution in [2.24, 2.45) is 0 Å². The van der Waals surface area contributed by atoms with E-state index in [1.54, 1.807) is 48.5 Å². The van der Waals surface area contributed by atoms with Gasteiger partial charge in [-0.05, 0) is 83.9 Å². The molecule has 0 aromatic heterocycles. The highest BCUT2D eigenvalue weighted by atomic mass is 16.7. The second-order valence-corrected chi connectivity index (χ2v) is 7.04. The van der Waals surface area contributed by atoms with Gasteiger partial charge in [-0.2, -0.15) is 0 Å². The number of phenolic OH excluding ortho intramolecular Hbond substituents is 3. The average Bonchev–Trinajstić information content (AvgIpc) is 2.80. The highest BCUT2D eigenvalue weighted by Gasteiger charge is 2.15. The fourth-order valence-corrected chi connectivity index (χ4v) is 3.06.